The number of allylic oxidation sites excluding steroid dienone is 7. The highest BCUT2D eigenvalue weighted by atomic mass is 31.2. The molecule has 10 heteroatoms. The lowest BCUT2D eigenvalue weighted by Crippen LogP contribution is -2.47. The van der Waals surface area contributed by atoms with Crippen molar-refractivity contribution in [3.63, 3.8) is 0 Å². The number of carbonyl (C=O) groups is 2. The van der Waals surface area contributed by atoms with E-state index in [-0.39, 0.29) is 24.9 Å². The smallest absolute Gasteiger partial charge is 0.306 e. The average Bonchev–Trinajstić information content (AvgIpc) is 3.22. The molecule has 0 aliphatic heterocycles. The first-order valence-electron chi connectivity index (χ1n) is 25.4. The number of esters is 1. The van der Waals surface area contributed by atoms with Crippen LogP contribution < -0.4 is 10.2 Å². The number of phosphoric ester groups is 1. The molecule has 362 valence electrons. The van der Waals surface area contributed by atoms with E-state index < -0.39 is 26.6 Å². The van der Waals surface area contributed by atoms with Crippen LogP contribution >= 0.6 is 7.82 Å². The summed E-state index contributed by atoms with van der Waals surface area (Å²) in [5.41, 5.74) is 0. The van der Waals surface area contributed by atoms with Gasteiger partial charge in [0.05, 0.1) is 33.8 Å². The van der Waals surface area contributed by atoms with Gasteiger partial charge in [-0.1, -0.05) is 192 Å². The molecule has 0 rings (SSSR count). The topological polar surface area (TPSA) is 114 Å². The van der Waals surface area contributed by atoms with E-state index in [1.54, 1.807) is 0 Å². The van der Waals surface area contributed by atoms with Crippen LogP contribution in [0, 0.1) is 0 Å². The molecule has 0 radical (unpaired) electrons. The number of ether oxygens (including phenoxy) is 1. The molecule has 0 aromatic carbocycles. The summed E-state index contributed by atoms with van der Waals surface area (Å²) in [5, 5.41) is 3.00. The highest BCUT2D eigenvalue weighted by molar-refractivity contribution is 7.45. The van der Waals surface area contributed by atoms with Gasteiger partial charge in [-0.05, 0) is 63.9 Å². The monoisotopic (exact) mass is 893 g/mol. The number of unbranched alkanes of at least 4 members (excludes halogenated alkanes) is 23. The van der Waals surface area contributed by atoms with Gasteiger partial charge in [0, 0.05) is 12.8 Å². The summed E-state index contributed by atoms with van der Waals surface area (Å²) in [6.07, 6.45) is 49.3. The maximum Gasteiger partial charge on any atom is 0.306 e. The number of rotatable bonds is 45. The normalized spacial score (nSPS) is 14.4. The lowest BCUT2D eigenvalue weighted by atomic mass is 10.0. The Bertz CT molecular complexity index is 1210. The molecule has 0 aliphatic rings. The molecule has 0 bridgehead atoms. The minimum Gasteiger partial charge on any atom is -0.756 e. The van der Waals surface area contributed by atoms with Crippen molar-refractivity contribution in [2.45, 2.75) is 232 Å². The molecule has 3 unspecified atom stereocenters. The lowest BCUT2D eigenvalue weighted by molar-refractivity contribution is -0.870. The summed E-state index contributed by atoms with van der Waals surface area (Å²) in [6.45, 7) is 6.68. The zero-order valence-electron chi connectivity index (χ0n) is 41.1. The van der Waals surface area contributed by atoms with Gasteiger partial charge in [-0.15, -0.1) is 0 Å². The van der Waals surface area contributed by atoms with Gasteiger partial charge in [0.2, 0.25) is 5.91 Å². The predicted octanol–water partition coefficient (Wildman–Crippen LogP) is 14.0. The molecule has 0 fully saturated rings. The second-order valence-electron chi connectivity index (χ2n) is 18.3. The molecule has 0 aromatic rings. The molecule has 0 aliphatic carbocycles. The number of nitrogens with one attached hydrogen (secondary N) is 1. The Morgan fingerprint density at radius 2 is 1.03 bits per heavy atom. The fourth-order valence-corrected chi connectivity index (χ4v) is 7.79. The van der Waals surface area contributed by atoms with Gasteiger partial charge in [0.15, 0.2) is 0 Å². The molecule has 3 atom stereocenters. The molecule has 1 amide bonds. The van der Waals surface area contributed by atoms with Crippen LogP contribution in [0.2, 0.25) is 0 Å². The zero-order valence-corrected chi connectivity index (χ0v) is 42.0. The molecule has 0 spiro atoms. The predicted molar refractivity (Wildman–Crippen MR) is 261 cm³/mol. The maximum absolute atomic E-state index is 13.4. The summed E-state index contributed by atoms with van der Waals surface area (Å²) >= 11 is 0. The van der Waals surface area contributed by atoms with Crippen molar-refractivity contribution in [2.24, 2.45) is 0 Å². The second kappa shape index (κ2) is 42.9. The van der Waals surface area contributed by atoms with Crippen LogP contribution in [-0.4, -0.2) is 69.4 Å². The van der Waals surface area contributed by atoms with Gasteiger partial charge in [-0.3, -0.25) is 14.2 Å². The lowest BCUT2D eigenvalue weighted by Gasteiger charge is -2.30. The standard InChI is InChI=1S/C52H97N2O7P/c1-7-10-13-16-19-22-25-26-27-30-33-36-39-42-45-52(56)61-50(43-40-37-34-31-28-23-20-17-14-11-8-2)49(48-60-62(57,58)59-47-46-54(4,5)6)53-51(55)44-41-38-35-32-29-24-21-18-15-12-9-3/h10,13,19,22,26-27,40,43,49-50H,7-9,11-12,14-18,20-21,23-25,28-39,41-42,44-48H2,1-6H3,(H-,53,55,57,58)/b13-10+,22-19+,27-26+,43-40+. The number of likely N-dealkylation sites (N-methyl/N-ethyl adjacent to an activating group) is 1. The Kier molecular flexibility index (Phi) is 41.5. The Morgan fingerprint density at radius 1 is 0.581 bits per heavy atom. The first kappa shape index (κ1) is 60.0. The third-order valence-electron chi connectivity index (χ3n) is 11.0. The Morgan fingerprint density at radius 3 is 1.55 bits per heavy atom. The van der Waals surface area contributed by atoms with E-state index in [0.717, 1.165) is 83.5 Å². The van der Waals surface area contributed by atoms with E-state index in [2.05, 4.69) is 62.5 Å². The molecule has 0 heterocycles. The van der Waals surface area contributed by atoms with E-state index in [9.17, 15) is 19.0 Å². The van der Waals surface area contributed by atoms with E-state index in [4.69, 9.17) is 13.8 Å². The van der Waals surface area contributed by atoms with E-state index in [1.165, 1.54) is 96.3 Å². The highest BCUT2D eigenvalue weighted by Crippen LogP contribution is 2.38. The minimum atomic E-state index is -4.69. The first-order chi connectivity index (χ1) is 29.9. The highest BCUT2D eigenvalue weighted by Gasteiger charge is 2.27. The second-order valence-corrected chi connectivity index (χ2v) is 19.7. The largest absolute Gasteiger partial charge is 0.756 e. The van der Waals surface area contributed by atoms with Gasteiger partial charge in [-0.2, -0.15) is 0 Å². The Balaban J connectivity index is 5.46. The molecule has 0 aromatic heterocycles. The van der Waals surface area contributed by atoms with Crippen molar-refractivity contribution < 1.29 is 37.3 Å². The summed E-state index contributed by atoms with van der Waals surface area (Å²) in [5.74, 6) is -0.568. The SMILES string of the molecule is CC/C=C/C/C=C/C/C=C/CCCCCCC(=O)OC(/C=C/CCCCCCCCCCC)C(COP(=O)([O-])OCC[N+](C)(C)C)NC(=O)CCCCCCCCCCCCC. The van der Waals surface area contributed by atoms with Crippen molar-refractivity contribution >= 4 is 19.7 Å². The van der Waals surface area contributed by atoms with Gasteiger partial charge in [0.25, 0.3) is 7.82 Å². The van der Waals surface area contributed by atoms with Crippen LogP contribution in [0.4, 0.5) is 0 Å². The number of hydrogen-bond acceptors (Lipinski definition) is 7. The summed E-state index contributed by atoms with van der Waals surface area (Å²) in [6, 6.07) is -0.891. The quantitative estimate of drug-likeness (QED) is 0.0213. The Labute approximate surface area is 382 Å². The minimum absolute atomic E-state index is 0.0257. The molecule has 9 nitrogen and oxygen atoms in total. The molecule has 0 saturated carbocycles. The van der Waals surface area contributed by atoms with Crippen LogP contribution in [0.1, 0.15) is 220 Å². The van der Waals surface area contributed by atoms with Gasteiger partial charge < -0.3 is 28.5 Å². The van der Waals surface area contributed by atoms with Crippen LogP contribution in [0.5, 0.6) is 0 Å². The number of quaternary nitrogens is 1. The van der Waals surface area contributed by atoms with E-state index >= 15 is 0 Å². The van der Waals surface area contributed by atoms with Crippen molar-refractivity contribution in [3.8, 4) is 0 Å². The number of nitrogens with zero attached hydrogens (tertiary/aromatic N) is 1. The zero-order chi connectivity index (χ0) is 45.8. The average molecular weight is 893 g/mol. The number of hydrogen-bond donors (Lipinski definition) is 1. The summed E-state index contributed by atoms with van der Waals surface area (Å²) in [7, 11) is 1.17. The molecule has 1 N–H and O–H groups in total. The third-order valence-corrected chi connectivity index (χ3v) is 12.0. The Hall–Kier alpha value is -2.03. The number of carbonyl (C=O) groups excluding carboxylic acids is 2. The number of amides is 1. The van der Waals surface area contributed by atoms with Crippen molar-refractivity contribution in [2.75, 3.05) is 40.9 Å². The van der Waals surface area contributed by atoms with Gasteiger partial charge in [-0.25, -0.2) is 0 Å². The van der Waals surface area contributed by atoms with Crippen LogP contribution in [0.3, 0.4) is 0 Å². The van der Waals surface area contributed by atoms with Crippen molar-refractivity contribution in [1.82, 2.24) is 5.32 Å². The molecule has 0 saturated heterocycles. The first-order valence-corrected chi connectivity index (χ1v) is 26.9. The van der Waals surface area contributed by atoms with Crippen molar-refractivity contribution in [1.29, 1.82) is 0 Å². The fourth-order valence-electron chi connectivity index (χ4n) is 7.06. The molecular weight excluding hydrogens is 796 g/mol. The third kappa shape index (κ3) is 43.2. The molecular formula is C52H97N2O7P. The number of phosphoric acid groups is 1. The summed E-state index contributed by atoms with van der Waals surface area (Å²) in [4.78, 5) is 39.6. The van der Waals surface area contributed by atoms with Crippen LogP contribution in [0.25, 0.3) is 0 Å². The maximum atomic E-state index is 13.4. The van der Waals surface area contributed by atoms with Crippen LogP contribution in [-0.2, 0) is 27.9 Å². The van der Waals surface area contributed by atoms with Crippen LogP contribution in [0.15, 0.2) is 48.6 Å². The molecule has 62 heavy (non-hydrogen) atoms. The fraction of sp³-hybridized carbons (Fsp3) is 0.808. The summed E-state index contributed by atoms with van der Waals surface area (Å²) < 4.78 is 30.0. The van der Waals surface area contributed by atoms with E-state index in [1.807, 2.05) is 33.3 Å². The van der Waals surface area contributed by atoms with Gasteiger partial charge in [0.1, 0.15) is 19.3 Å². The van der Waals surface area contributed by atoms with E-state index in [0.29, 0.717) is 23.9 Å². The van der Waals surface area contributed by atoms with Gasteiger partial charge >= 0.3 is 5.97 Å². The van der Waals surface area contributed by atoms with Crippen molar-refractivity contribution in [3.05, 3.63) is 48.6 Å².